The summed E-state index contributed by atoms with van der Waals surface area (Å²) in [5, 5.41) is 3.01. The van der Waals surface area contributed by atoms with Gasteiger partial charge in [0.25, 0.3) is 0 Å². The van der Waals surface area contributed by atoms with Crippen LogP contribution in [0.2, 0.25) is 0 Å². The number of ether oxygens (including phenoxy) is 1. The Hall–Kier alpha value is -0.610. The second kappa shape index (κ2) is 8.18. The smallest absolute Gasteiger partial charge is 0.220 e. The van der Waals surface area contributed by atoms with Crippen LogP contribution in [0.25, 0.3) is 0 Å². The molecule has 1 aliphatic carbocycles. The normalized spacial score (nSPS) is 28.5. The van der Waals surface area contributed by atoms with Crippen LogP contribution in [0, 0.1) is 11.8 Å². The van der Waals surface area contributed by atoms with E-state index in [1.807, 2.05) is 13.8 Å². The van der Waals surface area contributed by atoms with Crippen LogP contribution in [0.5, 0.6) is 0 Å². The molecule has 4 nitrogen and oxygen atoms in total. The van der Waals surface area contributed by atoms with E-state index in [2.05, 4.69) is 10.2 Å². The topological polar surface area (TPSA) is 41.6 Å². The van der Waals surface area contributed by atoms with Crippen LogP contribution in [0.1, 0.15) is 71.6 Å². The number of hydrogen-bond donors (Lipinski definition) is 1. The highest BCUT2D eigenvalue weighted by Gasteiger charge is 2.43. The molecule has 0 aromatic rings. The highest BCUT2D eigenvalue weighted by atomic mass is 16.5. The maximum Gasteiger partial charge on any atom is 0.220 e. The molecule has 2 aliphatic heterocycles. The lowest BCUT2D eigenvalue weighted by Gasteiger charge is -2.40. The molecule has 1 spiro atoms. The summed E-state index contributed by atoms with van der Waals surface area (Å²) in [6, 6.07) is 0.233. The van der Waals surface area contributed by atoms with Crippen LogP contribution in [0.3, 0.4) is 0 Å². The molecule has 0 aromatic carbocycles. The Balaban J connectivity index is 1.40. The molecule has 4 heteroatoms. The summed E-state index contributed by atoms with van der Waals surface area (Å²) in [5.41, 5.74) is 0.0752. The Morgan fingerprint density at radius 2 is 1.88 bits per heavy atom. The van der Waals surface area contributed by atoms with Crippen LogP contribution >= 0.6 is 0 Å². The second-order valence-electron chi connectivity index (χ2n) is 8.80. The lowest BCUT2D eigenvalue weighted by Crippen LogP contribution is -2.45. The molecule has 0 radical (unpaired) electrons. The zero-order valence-electron chi connectivity index (χ0n) is 15.7. The zero-order valence-corrected chi connectivity index (χ0v) is 15.7. The second-order valence-corrected chi connectivity index (χ2v) is 8.80. The van der Waals surface area contributed by atoms with Crippen LogP contribution in [0.15, 0.2) is 0 Å². The van der Waals surface area contributed by atoms with Gasteiger partial charge in [-0.1, -0.05) is 19.3 Å². The molecule has 1 amide bonds. The van der Waals surface area contributed by atoms with Crippen molar-refractivity contribution in [1.82, 2.24) is 10.2 Å². The molecular weight excluding hydrogens is 300 g/mol. The molecule has 3 fully saturated rings. The van der Waals surface area contributed by atoms with E-state index >= 15 is 0 Å². The number of nitrogens with one attached hydrogen (secondary N) is 1. The molecule has 1 N–H and O–H groups in total. The summed E-state index contributed by atoms with van der Waals surface area (Å²) in [6.07, 6.45) is 11.2. The maximum atomic E-state index is 12.0. The van der Waals surface area contributed by atoms with Gasteiger partial charge < -0.3 is 15.0 Å². The standard InChI is InChI=1S/C20H36N2O2/c1-16(2)21-19(23)12-18-13-20(24-15-18)8-10-22(11-9-20)14-17-6-4-3-5-7-17/h16-18H,3-15H2,1-2H3,(H,21,23). The number of carbonyl (C=O) groups is 1. The molecule has 24 heavy (non-hydrogen) atoms. The first-order valence-corrected chi connectivity index (χ1v) is 10.2. The van der Waals surface area contributed by atoms with Gasteiger partial charge in [0.15, 0.2) is 0 Å². The number of nitrogens with zero attached hydrogens (tertiary/aromatic N) is 1. The summed E-state index contributed by atoms with van der Waals surface area (Å²) < 4.78 is 6.23. The van der Waals surface area contributed by atoms with Crippen LogP contribution in [0.4, 0.5) is 0 Å². The molecule has 3 rings (SSSR count). The van der Waals surface area contributed by atoms with E-state index in [4.69, 9.17) is 4.74 Å². The van der Waals surface area contributed by atoms with E-state index in [1.165, 1.54) is 51.7 Å². The molecule has 1 unspecified atom stereocenters. The van der Waals surface area contributed by atoms with Gasteiger partial charge in [-0.2, -0.15) is 0 Å². The van der Waals surface area contributed by atoms with E-state index in [-0.39, 0.29) is 17.6 Å². The highest BCUT2D eigenvalue weighted by Crippen LogP contribution is 2.40. The van der Waals surface area contributed by atoms with E-state index < -0.39 is 0 Å². The minimum atomic E-state index is 0.0752. The predicted molar refractivity (Wildman–Crippen MR) is 96.9 cm³/mol. The number of hydrogen-bond acceptors (Lipinski definition) is 3. The average Bonchev–Trinajstić information content (AvgIpc) is 2.92. The monoisotopic (exact) mass is 336 g/mol. The molecule has 138 valence electrons. The van der Waals surface area contributed by atoms with Gasteiger partial charge in [0.2, 0.25) is 5.91 Å². The third kappa shape index (κ3) is 4.95. The predicted octanol–water partition coefficient (Wildman–Crippen LogP) is 3.35. The van der Waals surface area contributed by atoms with Gasteiger partial charge in [-0.15, -0.1) is 0 Å². The van der Waals surface area contributed by atoms with Gasteiger partial charge >= 0.3 is 0 Å². The Morgan fingerprint density at radius 1 is 1.17 bits per heavy atom. The third-order valence-electron chi connectivity index (χ3n) is 6.22. The fraction of sp³-hybridized carbons (Fsp3) is 0.950. The van der Waals surface area contributed by atoms with Crippen molar-refractivity contribution in [1.29, 1.82) is 0 Å². The molecule has 1 atom stereocenters. The molecule has 2 saturated heterocycles. The Morgan fingerprint density at radius 3 is 2.54 bits per heavy atom. The zero-order chi connectivity index (χ0) is 17.0. The number of carbonyl (C=O) groups excluding carboxylic acids is 1. The summed E-state index contributed by atoms with van der Waals surface area (Å²) in [5.74, 6) is 1.53. The van der Waals surface area contributed by atoms with Crippen molar-refractivity contribution in [3.05, 3.63) is 0 Å². The summed E-state index contributed by atoms with van der Waals surface area (Å²) in [7, 11) is 0. The van der Waals surface area contributed by atoms with Gasteiger partial charge in [0.1, 0.15) is 0 Å². The van der Waals surface area contributed by atoms with E-state index in [0.717, 1.165) is 31.8 Å². The van der Waals surface area contributed by atoms with Gasteiger partial charge in [-0.05, 0) is 57.8 Å². The Bertz CT molecular complexity index is 410. The summed E-state index contributed by atoms with van der Waals surface area (Å²) in [4.78, 5) is 14.6. The maximum absolute atomic E-state index is 12.0. The van der Waals surface area contributed by atoms with E-state index in [0.29, 0.717) is 12.3 Å². The molecule has 1 saturated carbocycles. The minimum Gasteiger partial charge on any atom is -0.375 e. The summed E-state index contributed by atoms with van der Waals surface area (Å²) >= 11 is 0. The van der Waals surface area contributed by atoms with Crippen molar-refractivity contribution < 1.29 is 9.53 Å². The van der Waals surface area contributed by atoms with Crippen molar-refractivity contribution in [2.75, 3.05) is 26.2 Å². The fourth-order valence-electron chi connectivity index (χ4n) is 4.94. The molecule has 0 bridgehead atoms. The number of piperidine rings is 1. The molecule has 2 heterocycles. The SMILES string of the molecule is CC(C)NC(=O)CC1COC2(CCN(CC3CCCCC3)CC2)C1. The quantitative estimate of drug-likeness (QED) is 0.837. The van der Waals surface area contributed by atoms with Gasteiger partial charge in [-0.3, -0.25) is 4.79 Å². The van der Waals surface area contributed by atoms with E-state index in [9.17, 15) is 4.79 Å². The molecular formula is C20H36N2O2. The van der Waals surface area contributed by atoms with Crippen molar-refractivity contribution in [3.8, 4) is 0 Å². The first-order chi connectivity index (χ1) is 11.5. The summed E-state index contributed by atoms with van der Waals surface area (Å²) in [6.45, 7) is 8.48. The van der Waals surface area contributed by atoms with Gasteiger partial charge in [0.05, 0.1) is 12.2 Å². The highest BCUT2D eigenvalue weighted by molar-refractivity contribution is 5.76. The third-order valence-corrected chi connectivity index (χ3v) is 6.22. The minimum absolute atomic E-state index is 0.0752. The van der Waals surface area contributed by atoms with Crippen molar-refractivity contribution in [2.24, 2.45) is 11.8 Å². The van der Waals surface area contributed by atoms with Crippen molar-refractivity contribution in [2.45, 2.75) is 83.3 Å². The first kappa shape index (κ1) is 18.2. The van der Waals surface area contributed by atoms with Crippen molar-refractivity contribution >= 4 is 5.91 Å². The number of rotatable bonds is 5. The molecule has 0 aromatic heterocycles. The Kier molecular flexibility index (Phi) is 6.20. The van der Waals surface area contributed by atoms with Crippen molar-refractivity contribution in [3.63, 3.8) is 0 Å². The van der Waals surface area contributed by atoms with Gasteiger partial charge in [0, 0.05) is 32.1 Å². The Labute approximate surface area is 147 Å². The lowest BCUT2D eigenvalue weighted by atomic mass is 9.83. The lowest BCUT2D eigenvalue weighted by molar-refractivity contribution is -0.122. The largest absolute Gasteiger partial charge is 0.375 e. The number of likely N-dealkylation sites (tertiary alicyclic amines) is 1. The van der Waals surface area contributed by atoms with Gasteiger partial charge in [-0.25, -0.2) is 0 Å². The van der Waals surface area contributed by atoms with Crippen LogP contribution < -0.4 is 5.32 Å². The van der Waals surface area contributed by atoms with E-state index in [1.54, 1.807) is 0 Å². The van der Waals surface area contributed by atoms with Crippen LogP contribution in [-0.2, 0) is 9.53 Å². The fourth-order valence-corrected chi connectivity index (χ4v) is 4.94. The molecule has 3 aliphatic rings. The number of amides is 1. The average molecular weight is 337 g/mol. The first-order valence-electron chi connectivity index (χ1n) is 10.2. The van der Waals surface area contributed by atoms with Crippen LogP contribution in [-0.4, -0.2) is 48.7 Å².